The Balaban J connectivity index is 3.69. The highest BCUT2D eigenvalue weighted by molar-refractivity contribution is 6.93. The minimum Gasteiger partial charge on any atom is -0.497 e. The Kier molecular flexibility index (Phi) is 6.22. The lowest BCUT2D eigenvalue weighted by atomic mass is 10.1. The third-order valence-corrected chi connectivity index (χ3v) is 7.71. The number of hydrogen-bond donors (Lipinski definition) is 0. The summed E-state index contributed by atoms with van der Waals surface area (Å²) >= 11 is 0. The first-order chi connectivity index (χ1) is 10.6. The molecule has 0 fully saturated rings. The molecule has 23 heavy (non-hydrogen) atoms. The zero-order valence-corrected chi connectivity index (χ0v) is 17.5. The van der Waals surface area contributed by atoms with Crippen molar-refractivity contribution in [2.24, 2.45) is 0 Å². The highest BCUT2D eigenvalue weighted by Gasteiger charge is 2.35. The van der Waals surface area contributed by atoms with Crippen molar-refractivity contribution >= 4 is 27.8 Å². The van der Waals surface area contributed by atoms with E-state index in [1.807, 2.05) is 24.3 Å². The Morgan fingerprint density at radius 1 is 0.913 bits per heavy atom. The standard InChI is InChI=1S/C18H28O3Si2/c1-20-15-11-9-14(10-12-15)17(21-2)18(23(6,7)8)16(13-19)22(3,4)5/h9-12H,1-8H3/b18-17-. The van der Waals surface area contributed by atoms with Gasteiger partial charge in [0.2, 0.25) is 0 Å². The molecule has 3 nitrogen and oxygen atoms in total. The van der Waals surface area contributed by atoms with Gasteiger partial charge in [0.25, 0.3) is 0 Å². The lowest BCUT2D eigenvalue weighted by molar-refractivity contribution is 0.368. The topological polar surface area (TPSA) is 35.5 Å². The molecule has 0 radical (unpaired) electrons. The van der Waals surface area contributed by atoms with Gasteiger partial charge in [0.1, 0.15) is 17.5 Å². The van der Waals surface area contributed by atoms with Crippen molar-refractivity contribution < 1.29 is 14.3 Å². The maximum Gasteiger partial charge on any atom is 0.125 e. The van der Waals surface area contributed by atoms with Crippen LogP contribution in [0.1, 0.15) is 5.56 Å². The van der Waals surface area contributed by atoms with Crippen molar-refractivity contribution in [2.75, 3.05) is 14.2 Å². The number of benzene rings is 1. The molecule has 0 amide bonds. The van der Waals surface area contributed by atoms with Crippen LogP contribution in [0.25, 0.3) is 5.76 Å². The lowest BCUT2D eigenvalue weighted by Gasteiger charge is -2.30. The van der Waals surface area contributed by atoms with Crippen LogP contribution in [0, 0.1) is 0 Å². The van der Waals surface area contributed by atoms with Gasteiger partial charge in [0, 0.05) is 10.8 Å². The van der Waals surface area contributed by atoms with E-state index in [0.717, 1.165) is 27.5 Å². The summed E-state index contributed by atoms with van der Waals surface area (Å²) in [4.78, 5) is 11.8. The van der Waals surface area contributed by atoms with Crippen LogP contribution < -0.4 is 4.74 Å². The number of ether oxygens (including phenoxy) is 2. The normalized spacial score (nSPS) is 13.0. The smallest absolute Gasteiger partial charge is 0.125 e. The maximum atomic E-state index is 11.8. The summed E-state index contributed by atoms with van der Waals surface area (Å²) in [7, 11) is -0.315. The Morgan fingerprint density at radius 3 is 1.74 bits per heavy atom. The number of rotatable bonds is 6. The van der Waals surface area contributed by atoms with Crippen LogP contribution in [0.15, 0.2) is 34.7 Å². The van der Waals surface area contributed by atoms with E-state index in [-0.39, 0.29) is 0 Å². The SMILES string of the molecule is CO/C(=C(/C(=C=O)[Si](C)(C)C)[Si](C)(C)C)c1ccc(OC)cc1. The van der Waals surface area contributed by atoms with Gasteiger partial charge < -0.3 is 9.47 Å². The molecule has 0 N–H and O–H groups in total. The Labute approximate surface area is 142 Å². The molecule has 0 saturated heterocycles. The summed E-state index contributed by atoms with van der Waals surface area (Å²) in [5, 5.41) is 1.92. The summed E-state index contributed by atoms with van der Waals surface area (Å²) in [6.07, 6.45) is 0. The Morgan fingerprint density at radius 2 is 1.43 bits per heavy atom. The van der Waals surface area contributed by atoms with Crippen molar-refractivity contribution in [3.05, 3.63) is 40.2 Å². The van der Waals surface area contributed by atoms with Gasteiger partial charge in [-0.15, -0.1) is 0 Å². The Bertz CT molecular complexity index is 626. The molecule has 0 aliphatic heterocycles. The van der Waals surface area contributed by atoms with E-state index in [9.17, 15) is 4.79 Å². The average molecular weight is 349 g/mol. The molecule has 0 unspecified atom stereocenters. The number of allylic oxidation sites excluding steroid dienone is 2. The van der Waals surface area contributed by atoms with Crippen LogP contribution in [0.5, 0.6) is 5.75 Å². The van der Waals surface area contributed by atoms with Crippen LogP contribution in [0.4, 0.5) is 0 Å². The third kappa shape index (κ3) is 4.71. The minimum absolute atomic E-state index is 0.799. The summed E-state index contributed by atoms with van der Waals surface area (Å²) in [6.45, 7) is 13.2. The van der Waals surface area contributed by atoms with E-state index in [2.05, 4.69) is 45.2 Å². The van der Waals surface area contributed by atoms with Crippen molar-refractivity contribution in [3.8, 4) is 5.75 Å². The van der Waals surface area contributed by atoms with Gasteiger partial charge in [-0.3, -0.25) is 0 Å². The van der Waals surface area contributed by atoms with Gasteiger partial charge >= 0.3 is 0 Å². The predicted octanol–water partition coefficient (Wildman–Crippen LogP) is 4.57. The summed E-state index contributed by atoms with van der Waals surface area (Å²) in [5.41, 5.74) is 0.969. The zero-order chi connectivity index (χ0) is 17.8. The van der Waals surface area contributed by atoms with E-state index in [0.29, 0.717) is 0 Å². The zero-order valence-electron chi connectivity index (χ0n) is 15.5. The molecule has 0 bridgehead atoms. The largest absolute Gasteiger partial charge is 0.497 e. The molecule has 0 atom stereocenters. The minimum atomic E-state index is -1.82. The third-order valence-electron chi connectivity index (χ3n) is 3.64. The molecule has 1 aromatic carbocycles. The van der Waals surface area contributed by atoms with Gasteiger partial charge in [-0.1, -0.05) is 39.3 Å². The van der Waals surface area contributed by atoms with E-state index < -0.39 is 16.1 Å². The fourth-order valence-corrected chi connectivity index (χ4v) is 7.66. The number of hydrogen-bond acceptors (Lipinski definition) is 3. The number of carbonyl (C=O) groups excluding carboxylic acids is 1. The predicted molar refractivity (Wildman–Crippen MR) is 103 cm³/mol. The van der Waals surface area contributed by atoms with E-state index in [1.165, 1.54) is 0 Å². The van der Waals surface area contributed by atoms with Crippen LogP contribution in [-0.4, -0.2) is 36.3 Å². The molecule has 1 rings (SSSR count). The fraction of sp³-hybridized carbons (Fsp3) is 0.444. The van der Waals surface area contributed by atoms with Gasteiger partial charge in [-0.05, 0) is 29.5 Å². The van der Waals surface area contributed by atoms with Gasteiger partial charge in [-0.2, -0.15) is 0 Å². The fourth-order valence-electron chi connectivity index (χ4n) is 2.51. The summed E-state index contributed by atoms with van der Waals surface area (Å²) in [6, 6.07) is 7.78. The molecular weight excluding hydrogens is 320 g/mol. The van der Waals surface area contributed by atoms with E-state index >= 15 is 0 Å². The van der Waals surface area contributed by atoms with Crippen molar-refractivity contribution in [2.45, 2.75) is 39.3 Å². The van der Waals surface area contributed by atoms with Gasteiger partial charge in [0.05, 0.1) is 30.4 Å². The molecule has 0 saturated carbocycles. The molecule has 0 aliphatic carbocycles. The van der Waals surface area contributed by atoms with Crippen LogP contribution in [0.3, 0.4) is 0 Å². The quantitative estimate of drug-likeness (QED) is 0.327. The molecule has 0 aliphatic rings. The van der Waals surface area contributed by atoms with Crippen LogP contribution >= 0.6 is 0 Å². The lowest BCUT2D eigenvalue weighted by Crippen LogP contribution is -2.36. The molecule has 126 valence electrons. The molecule has 5 heteroatoms. The second kappa shape index (κ2) is 7.34. The van der Waals surface area contributed by atoms with Crippen LogP contribution in [0.2, 0.25) is 39.3 Å². The molecule has 0 heterocycles. The van der Waals surface area contributed by atoms with Crippen molar-refractivity contribution in [1.82, 2.24) is 0 Å². The Hall–Kier alpha value is -1.56. The van der Waals surface area contributed by atoms with Gasteiger partial charge in [-0.25, -0.2) is 4.79 Å². The second-order valence-corrected chi connectivity index (χ2v) is 17.6. The molecule has 1 aromatic rings. The van der Waals surface area contributed by atoms with E-state index in [4.69, 9.17) is 9.47 Å². The van der Waals surface area contributed by atoms with Crippen LogP contribution in [-0.2, 0) is 9.53 Å². The monoisotopic (exact) mass is 348 g/mol. The van der Waals surface area contributed by atoms with Gasteiger partial charge in [0.15, 0.2) is 0 Å². The average Bonchev–Trinajstić information content (AvgIpc) is 2.45. The van der Waals surface area contributed by atoms with E-state index in [1.54, 1.807) is 14.2 Å². The first-order valence-corrected chi connectivity index (χ1v) is 14.8. The second-order valence-electron chi connectivity index (χ2n) is 7.61. The molecule has 0 spiro atoms. The first kappa shape index (κ1) is 19.5. The van der Waals surface area contributed by atoms with Crippen molar-refractivity contribution in [1.29, 1.82) is 0 Å². The number of methoxy groups -OCH3 is 2. The maximum absolute atomic E-state index is 11.8. The summed E-state index contributed by atoms with van der Waals surface area (Å²) in [5.74, 6) is 3.86. The molecular formula is C18H28O3Si2. The first-order valence-electron chi connectivity index (χ1n) is 7.75. The highest BCUT2D eigenvalue weighted by atomic mass is 28.3. The highest BCUT2D eigenvalue weighted by Crippen LogP contribution is 2.35. The summed E-state index contributed by atoms with van der Waals surface area (Å²) < 4.78 is 11.0. The van der Waals surface area contributed by atoms with Crippen molar-refractivity contribution in [3.63, 3.8) is 0 Å². The molecule has 0 aromatic heterocycles.